The summed E-state index contributed by atoms with van der Waals surface area (Å²) in [6, 6.07) is 5.31. The fraction of sp³-hybridized carbons (Fsp3) is 0.360. The summed E-state index contributed by atoms with van der Waals surface area (Å²) >= 11 is 7.10. The first kappa shape index (κ1) is 29.1. The van der Waals surface area contributed by atoms with Crippen molar-refractivity contribution in [3.05, 3.63) is 68.8 Å². The molecule has 0 bridgehead atoms. The summed E-state index contributed by atoms with van der Waals surface area (Å²) < 4.78 is 77.5. The predicted molar refractivity (Wildman–Crippen MR) is 143 cm³/mol. The quantitative estimate of drug-likeness (QED) is 0.309. The molecule has 8 nitrogen and oxygen atoms in total. The van der Waals surface area contributed by atoms with Crippen LogP contribution >= 0.6 is 22.9 Å². The molecule has 1 aliphatic rings. The number of amides is 1. The summed E-state index contributed by atoms with van der Waals surface area (Å²) in [4.78, 5) is 17.3. The Kier molecular flexibility index (Phi) is 8.45. The third-order valence-corrected chi connectivity index (χ3v) is 8.47. The van der Waals surface area contributed by atoms with Crippen LogP contribution < -0.4 is 9.62 Å². The Bertz CT molecular complexity index is 1480. The molecule has 210 valence electrons. The average molecular weight is 603 g/mol. The van der Waals surface area contributed by atoms with Crippen LogP contribution in [0.15, 0.2) is 40.1 Å². The molecule has 2 heterocycles. The van der Waals surface area contributed by atoms with Crippen LogP contribution in [0.25, 0.3) is 0 Å². The van der Waals surface area contributed by atoms with Crippen LogP contribution in [0.4, 0.5) is 29.5 Å². The highest BCUT2D eigenvalue weighted by Crippen LogP contribution is 2.36. The topological polar surface area (TPSA) is 91.8 Å². The highest BCUT2D eigenvalue weighted by atomic mass is 35.5. The number of sulfonamides is 1. The van der Waals surface area contributed by atoms with Gasteiger partial charge in [0.1, 0.15) is 22.3 Å². The Morgan fingerprint density at radius 1 is 1.23 bits per heavy atom. The Hall–Kier alpha value is -2.87. The number of carbonyl (C=O) groups excluding carboxylic acids is 1. The van der Waals surface area contributed by atoms with Crippen molar-refractivity contribution in [2.24, 2.45) is 0 Å². The summed E-state index contributed by atoms with van der Waals surface area (Å²) in [7, 11) is -5.21. The highest BCUT2D eigenvalue weighted by Gasteiger charge is 2.40. The summed E-state index contributed by atoms with van der Waals surface area (Å²) in [6.45, 7) is 6.63. The SMILES string of the molecule is CC(C)(C)OC(=O)N(c1cscn1)S(=O)(=O)c1c(F)cc(NCc2c(F)cccc2CN2CCC2)c(Cl)c1F. The summed E-state index contributed by atoms with van der Waals surface area (Å²) in [5.74, 6) is -4.05. The van der Waals surface area contributed by atoms with Gasteiger partial charge in [0, 0.05) is 30.1 Å². The van der Waals surface area contributed by atoms with Crippen LogP contribution in [0.2, 0.25) is 5.02 Å². The number of nitrogens with zero attached hydrogens (tertiary/aromatic N) is 3. The summed E-state index contributed by atoms with van der Waals surface area (Å²) in [5.41, 5.74) is 0.826. The zero-order valence-corrected chi connectivity index (χ0v) is 23.7. The van der Waals surface area contributed by atoms with Crippen molar-refractivity contribution in [1.29, 1.82) is 0 Å². The monoisotopic (exact) mass is 602 g/mol. The van der Waals surface area contributed by atoms with Crippen molar-refractivity contribution in [1.82, 2.24) is 9.88 Å². The van der Waals surface area contributed by atoms with E-state index in [0.29, 0.717) is 18.2 Å². The average Bonchev–Trinajstić information content (AvgIpc) is 3.31. The molecule has 2 aromatic carbocycles. The van der Waals surface area contributed by atoms with Crippen LogP contribution in [-0.2, 0) is 27.8 Å². The normalized spacial score (nSPS) is 14.1. The lowest BCUT2D eigenvalue weighted by Crippen LogP contribution is -2.41. The minimum atomic E-state index is -5.21. The van der Waals surface area contributed by atoms with Crippen molar-refractivity contribution in [2.75, 3.05) is 22.7 Å². The number of benzene rings is 2. The van der Waals surface area contributed by atoms with E-state index in [1.807, 2.05) is 0 Å². The molecule has 1 amide bonds. The number of likely N-dealkylation sites (tertiary alicyclic amines) is 1. The lowest BCUT2D eigenvalue weighted by molar-refractivity contribution is 0.0608. The number of halogens is 4. The first-order chi connectivity index (χ1) is 18.3. The van der Waals surface area contributed by atoms with Crippen molar-refractivity contribution < 1.29 is 31.1 Å². The molecular formula is C25H26ClF3N4O4S2. The van der Waals surface area contributed by atoms with Crippen LogP contribution in [0.1, 0.15) is 38.3 Å². The molecule has 0 saturated carbocycles. The van der Waals surface area contributed by atoms with Gasteiger partial charge in [-0.05, 0) is 51.9 Å². The second-order valence-corrected chi connectivity index (χ2v) is 12.6. The van der Waals surface area contributed by atoms with E-state index in [2.05, 4.69) is 15.2 Å². The fourth-order valence-electron chi connectivity index (χ4n) is 3.87. The predicted octanol–water partition coefficient (Wildman–Crippen LogP) is 6.16. The second-order valence-electron chi connectivity index (χ2n) is 9.82. The third-order valence-electron chi connectivity index (χ3n) is 5.82. The number of rotatable bonds is 8. The van der Waals surface area contributed by atoms with E-state index in [9.17, 15) is 17.6 Å². The van der Waals surface area contributed by atoms with E-state index < -0.39 is 54.9 Å². The van der Waals surface area contributed by atoms with Crippen molar-refractivity contribution in [2.45, 2.75) is 50.8 Å². The second kappa shape index (κ2) is 11.3. The molecule has 3 aromatic rings. The summed E-state index contributed by atoms with van der Waals surface area (Å²) in [5, 5.41) is 3.17. The maximum Gasteiger partial charge on any atom is 0.430 e. The van der Waals surface area contributed by atoms with Gasteiger partial charge in [-0.25, -0.2) is 31.4 Å². The van der Waals surface area contributed by atoms with Crippen LogP contribution in [0, 0.1) is 17.5 Å². The number of aromatic nitrogens is 1. The molecule has 1 fully saturated rings. The van der Waals surface area contributed by atoms with E-state index in [4.69, 9.17) is 16.3 Å². The standard InChI is InChI=1S/C25H26ClF3N4O4S2/c1-25(2,3)37-24(34)33(20-13-38-14-31-20)39(35,36)23-18(28)10-19(21(26)22(23)29)30-11-16-15(6-4-7-17(16)27)12-32-8-5-9-32/h4,6-7,10,13-14,30H,5,8-9,11-12H2,1-3H3. The highest BCUT2D eigenvalue weighted by molar-refractivity contribution is 7.93. The Balaban J connectivity index is 1.67. The fourth-order valence-corrected chi connectivity index (χ4v) is 6.13. The molecule has 0 aliphatic carbocycles. The molecule has 0 atom stereocenters. The molecule has 1 aliphatic heterocycles. The van der Waals surface area contributed by atoms with Gasteiger partial charge in [-0.2, -0.15) is 0 Å². The minimum Gasteiger partial charge on any atom is -0.443 e. The van der Waals surface area contributed by atoms with E-state index in [0.717, 1.165) is 30.8 Å². The number of nitrogens with one attached hydrogen (secondary N) is 1. The smallest absolute Gasteiger partial charge is 0.430 e. The van der Waals surface area contributed by atoms with Gasteiger partial charge in [0.05, 0.1) is 11.2 Å². The summed E-state index contributed by atoms with van der Waals surface area (Å²) in [6.07, 6.45) is -0.347. The van der Waals surface area contributed by atoms with Gasteiger partial charge in [-0.15, -0.1) is 15.6 Å². The number of carbonyl (C=O) groups is 1. The van der Waals surface area contributed by atoms with Gasteiger partial charge in [0.25, 0.3) is 10.0 Å². The maximum absolute atomic E-state index is 15.5. The molecule has 1 N–H and O–H groups in total. The zero-order valence-electron chi connectivity index (χ0n) is 21.3. The number of thiazole rings is 1. The van der Waals surface area contributed by atoms with Gasteiger partial charge < -0.3 is 10.1 Å². The minimum absolute atomic E-state index is 0.0844. The number of hydrogen-bond acceptors (Lipinski definition) is 8. The van der Waals surface area contributed by atoms with Gasteiger partial charge in [0.15, 0.2) is 16.5 Å². The Morgan fingerprint density at radius 3 is 2.54 bits per heavy atom. The first-order valence-corrected chi connectivity index (χ1v) is 14.6. The van der Waals surface area contributed by atoms with E-state index >= 15 is 8.78 Å². The van der Waals surface area contributed by atoms with Crippen molar-refractivity contribution >= 4 is 50.6 Å². The van der Waals surface area contributed by atoms with Crippen molar-refractivity contribution in [3.63, 3.8) is 0 Å². The molecule has 4 rings (SSSR count). The number of anilines is 2. The largest absolute Gasteiger partial charge is 0.443 e. The van der Waals surface area contributed by atoms with E-state index in [1.165, 1.54) is 37.7 Å². The zero-order chi connectivity index (χ0) is 28.5. The van der Waals surface area contributed by atoms with Crippen LogP contribution in [0.5, 0.6) is 0 Å². The van der Waals surface area contributed by atoms with E-state index in [-0.39, 0.29) is 22.1 Å². The first-order valence-electron chi connectivity index (χ1n) is 11.9. The molecule has 1 aromatic heterocycles. The number of ether oxygens (including phenoxy) is 1. The molecule has 14 heteroatoms. The number of hydrogen-bond donors (Lipinski definition) is 1. The Morgan fingerprint density at radius 2 is 1.95 bits per heavy atom. The van der Waals surface area contributed by atoms with Gasteiger partial charge in [0.2, 0.25) is 0 Å². The molecular weight excluding hydrogens is 577 g/mol. The molecule has 0 unspecified atom stereocenters. The molecule has 0 radical (unpaired) electrons. The van der Waals surface area contributed by atoms with E-state index in [1.54, 1.807) is 12.1 Å². The van der Waals surface area contributed by atoms with Crippen LogP contribution in [0.3, 0.4) is 0 Å². The lowest BCUT2D eigenvalue weighted by Gasteiger charge is -2.31. The molecule has 0 spiro atoms. The molecule has 1 saturated heterocycles. The van der Waals surface area contributed by atoms with Crippen LogP contribution in [-0.4, -0.2) is 43.1 Å². The molecule has 39 heavy (non-hydrogen) atoms. The third kappa shape index (κ3) is 6.32. The van der Waals surface area contributed by atoms with Gasteiger partial charge in [-0.1, -0.05) is 23.7 Å². The van der Waals surface area contributed by atoms with Gasteiger partial charge >= 0.3 is 6.09 Å². The maximum atomic E-state index is 15.5. The lowest BCUT2D eigenvalue weighted by atomic mass is 10.0. The van der Waals surface area contributed by atoms with Gasteiger partial charge in [-0.3, -0.25) is 4.90 Å². The Labute approximate surface area is 233 Å². The van der Waals surface area contributed by atoms with Crippen molar-refractivity contribution in [3.8, 4) is 0 Å².